The van der Waals surface area contributed by atoms with Crippen LogP contribution < -0.4 is 0 Å². The summed E-state index contributed by atoms with van der Waals surface area (Å²) in [4.78, 5) is 38.1. The second-order valence-corrected chi connectivity index (χ2v) is 11.6. The van der Waals surface area contributed by atoms with Crippen molar-refractivity contribution in [3.63, 3.8) is 0 Å². The fraction of sp³-hybridized carbons (Fsp3) is 0.880. The van der Waals surface area contributed by atoms with Crippen molar-refractivity contribution in [2.75, 3.05) is 46.1 Å². The predicted octanol–water partition coefficient (Wildman–Crippen LogP) is -1.28. The van der Waals surface area contributed by atoms with Crippen LogP contribution >= 0.6 is 0 Å². The highest BCUT2D eigenvalue weighted by Gasteiger charge is 2.46. The highest BCUT2D eigenvalue weighted by Crippen LogP contribution is 2.38. The van der Waals surface area contributed by atoms with E-state index in [0.29, 0.717) is 32.5 Å². The van der Waals surface area contributed by atoms with Crippen molar-refractivity contribution in [3.05, 3.63) is 0 Å². The first-order valence-corrected chi connectivity index (χ1v) is 12.8. The molecule has 40 heavy (non-hydrogen) atoms. The first-order valence-electron chi connectivity index (χ1n) is 12.8. The number of hydrogen-bond acceptors (Lipinski definition) is 12. The van der Waals surface area contributed by atoms with Gasteiger partial charge in [-0.25, -0.2) is 4.79 Å². The minimum atomic E-state index is -2.74. The number of aliphatic carboxylic acids is 3. The van der Waals surface area contributed by atoms with Crippen molar-refractivity contribution in [2.45, 2.75) is 95.6 Å². The van der Waals surface area contributed by atoms with Gasteiger partial charge in [0.05, 0.1) is 51.0 Å². The van der Waals surface area contributed by atoms with Crippen LogP contribution in [0.4, 0.5) is 0 Å². The number of aliphatic hydroxyl groups excluding tert-OH is 4. The van der Waals surface area contributed by atoms with Crippen LogP contribution in [-0.2, 0) is 19.2 Å². The summed E-state index contributed by atoms with van der Waals surface area (Å²) in [7, 11) is 0. The quantitative estimate of drug-likeness (QED) is 0.115. The highest BCUT2D eigenvalue weighted by atomic mass is 16.7. The van der Waals surface area contributed by atoms with Gasteiger partial charge in [-0.2, -0.15) is 5.06 Å². The molecular formula is C25H50N2O13. The normalized spacial score (nSPS) is 17.3. The van der Waals surface area contributed by atoms with Crippen molar-refractivity contribution in [3.8, 4) is 0 Å². The van der Waals surface area contributed by atoms with Crippen molar-refractivity contribution in [2.24, 2.45) is 0 Å². The van der Waals surface area contributed by atoms with Gasteiger partial charge in [-0.15, -0.1) is 0 Å². The van der Waals surface area contributed by atoms with Crippen LogP contribution in [0.25, 0.3) is 0 Å². The topological polar surface area (TPSA) is 249 Å². The number of piperidine rings is 1. The third kappa shape index (κ3) is 17.0. The largest absolute Gasteiger partial charge is 0.481 e. The highest BCUT2D eigenvalue weighted by molar-refractivity contribution is 5.88. The van der Waals surface area contributed by atoms with Gasteiger partial charge in [0.2, 0.25) is 0 Å². The third-order valence-electron chi connectivity index (χ3n) is 5.65. The number of carboxylic acid groups (broad SMARTS) is 3. The molecule has 0 saturated carbocycles. The number of hydrogen-bond donors (Lipinski definition) is 9. The van der Waals surface area contributed by atoms with E-state index in [1.807, 2.05) is 5.06 Å². The van der Waals surface area contributed by atoms with E-state index in [9.17, 15) is 24.6 Å². The van der Waals surface area contributed by atoms with E-state index in [1.54, 1.807) is 18.7 Å². The van der Waals surface area contributed by atoms with Crippen LogP contribution in [0.1, 0.15) is 67.2 Å². The lowest BCUT2D eigenvalue weighted by Crippen LogP contribution is -2.62. The molecular weight excluding hydrogens is 536 g/mol. The number of hydroxylamine groups is 2. The molecule has 1 aliphatic rings. The van der Waals surface area contributed by atoms with Crippen molar-refractivity contribution >= 4 is 17.9 Å². The zero-order valence-corrected chi connectivity index (χ0v) is 24.4. The molecule has 1 saturated heterocycles. The zero-order valence-electron chi connectivity index (χ0n) is 24.4. The Kier molecular flexibility index (Phi) is 17.9. The molecule has 1 rings (SSSR count). The van der Waals surface area contributed by atoms with Crippen LogP contribution in [0.15, 0.2) is 0 Å². The Morgan fingerprint density at radius 2 is 1.18 bits per heavy atom. The van der Waals surface area contributed by atoms with E-state index in [1.165, 1.54) is 0 Å². The summed E-state index contributed by atoms with van der Waals surface area (Å²) in [6, 6.07) is 0. The zero-order chi connectivity index (χ0) is 31.9. The number of rotatable bonds is 14. The van der Waals surface area contributed by atoms with Gasteiger partial charge >= 0.3 is 17.9 Å². The van der Waals surface area contributed by atoms with Crippen LogP contribution in [0, 0.1) is 0 Å². The minimum Gasteiger partial charge on any atom is -0.481 e. The van der Waals surface area contributed by atoms with Crippen LogP contribution in [0.5, 0.6) is 0 Å². The number of carbonyl (C=O) groups is 3. The summed E-state index contributed by atoms with van der Waals surface area (Å²) in [6.07, 6.45) is -1.21. The lowest BCUT2D eigenvalue weighted by atomic mass is 9.80. The number of carboxylic acids is 3. The molecule has 0 aromatic rings. The van der Waals surface area contributed by atoms with Crippen LogP contribution in [0.2, 0.25) is 0 Å². The van der Waals surface area contributed by atoms with E-state index in [0.717, 1.165) is 0 Å². The predicted molar refractivity (Wildman–Crippen MR) is 142 cm³/mol. The third-order valence-corrected chi connectivity index (χ3v) is 5.65. The molecule has 0 aromatic heterocycles. The molecule has 0 bridgehead atoms. The van der Waals surface area contributed by atoms with Gasteiger partial charge in [0, 0.05) is 30.7 Å². The molecule has 0 amide bonds. The molecule has 1 heterocycles. The Hall–Kier alpha value is -1.95. The summed E-state index contributed by atoms with van der Waals surface area (Å²) in [6.45, 7) is 13.7. The molecule has 0 unspecified atom stereocenters. The minimum absolute atomic E-state index is 0.0694. The maximum absolute atomic E-state index is 10.3. The Labute approximate surface area is 235 Å². The molecule has 15 heteroatoms. The van der Waals surface area contributed by atoms with E-state index in [-0.39, 0.29) is 43.6 Å². The molecule has 0 aromatic carbocycles. The molecule has 1 aliphatic heterocycles. The summed E-state index contributed by atoms with van der Waals surface area (Å²) < 4.78 is 0. The van der Waals surface area contributed by atoms with Gasteiger partial charge in [-0.3, -0.25) is 19.3 Å². The smallest absolute Gasteiger partial charge is 0.336 e. The molecule has 15 nitrogen and oxygen atoms in total. The average molecular weight is 587 g/mol. The Morgan fingerprint density at radius 1 is 0.825 bits per heavy atom. The van der Waals surface area contributed by atoms with Crippen molar-refractivity contribution < 1.29 is 65.2 Å². The maximum atomic E-state index is 10.3. The lowest BCUT2D eigenvalue weighted by molar-refractivity contribution is -0.306. The molecule has 0 atom stereocenters. The molecule has 0 spiro atoms. The number of nitrogens with zero attached hydrogens (tertiary/aromatic N) is 2. The van der Waals surface area contributed by atoms with Crippen LogP contribution in [-0.4, -0.2) is 148 Å². The van der Waals surface area contributed by atoms with Crippen LogP contribution in [0.3, 0.4) is 0 Å². The monoisotopic (exact) mass is 586 g/mol. The Bertz CT molecular complexity index is 720. The Morgan fingerprint density at radius 3 is 1.43 bits per heavy atom. The lowest BCUT2D eigenvalue weighted by Gasteiger charge is -2.53. The second kappa shape index (κ2) is 17.8. The Balaban J connectivity index is 0. The van der Waals surface area contributed by atoms with Gasteiger partial charge < -0.3 is 46.0 Å². The van der Waals surface area contributed by atoms with Crippen molar-refractivity contribution in [1.82, 2.24) is 9.96 Å². The summed E-state index contributed by atoms with van der Waals surface area (Å²) in [5.41, 5.74) is -4.04. The standard InChI is InChI=1S/C13H27NO3.C6H15NO3.C6H8O7/c1-11(2)7-10(15)8-12(3,4)14(11)17-9-13(5,6)16;8-4-1-7(2-5-9)3-6-10;7-3(8)1-6(13,5(11)12)2-4(9)10/h10,15-16H,7-9H2,1-6H3;8-10H,1-6H2;13H,1-2H2,(H,7,8)(H,9,10)(H,11,12). The van der Waals surface area contributed by atoms with E-state index in [2.05, 4.69) is 27.7 Å². The van der Waals surface area contributed by atoms with Gasteiger partial charge in [-0.05, 0) is 54.4 Å². The van der Waals surface area contributed by atoms with Gasteiger partial charge in [0.15, 0.2) is 5.60 Å². The second-order valence-electron chi connectivity index (χ2n) is 11.6. The van der Waals surface area contributed by atoms with Gasteiger partial charge in [0.1, 0.15) is 0 Å². The SMILES string of the molecule is CC(C)(O)CON1C(C)(C)CC(O)CC1(C)C.O=C(O)CC(O)(CC(=O)O)C(=O)O.OCCN(CCO)CCO. The molecule has 9 N–H and O–H groups in total. The summed E-state index contributed by atoms with van der Waals surface area (Å²) in [5.74, 6) is -5.02. The maximum Gasteiger partial charge on any atom is 0.336 e. The first kappa shape index (κ1) is 40.2. The molecule has 1 fully saturated rings. The van der Waals surface area contributed by atoms with Gasteiger partial charge in [-0.1, -0.05) is 0 Å². The first-order chi connectivity index (χ1) is 18.1. The van der Waals surface area contributed by atoms with E-state index >= 15 is 0 Å². The molecule has 238 valence electrons. The average Bonchev–Trinajstić information content (AvgIpc) is 2.71. The van der Waals surface area contributed by atoms with Crippen molar-refractivity contribution in [1.29, 1.82) is 0 Å². The fourth-order valence-corrected chi connectivity index (χ4v) is 4.26. The van der Waals surface area contributed by atoms with E-state index in [4.69, 9.17) is 40.6 Å². The summed E-state index contributed by atoms with van der Waals surface area (Å²) in [5, 5.41) is 80.8. The molecule has 0 aliphatic carbocycles. The fourth-order valence-electron chi connectivity index (χ4n) is 4.26. The van der Waals surface area contributed by atoms with E-state index < -0.39 is 42.0 Å². The van der Waals surface area contributed by atoms with Gasteiger partial charge in [0.25, 0.3) is 0 Å². The molecule has 0 radical (unpaired) electrons. The number of aliphatic hydroxyl groups is 6. The summed E-state index contributed by atoms with van der Waals surface area (Å²) >= 11 is 0.